The molecular formula is C12H14ClN3O3. The van der Waals surface area contributed by atoms with E-state index in [2.05, 4.69) is 14.9 Å². The van der Waals surface area contributed by atoms with Crippen LogP contribution in [0.3, 0.4) is 0 Å². The van der Waals surface area contributed by atoms with Gasteiger partial charge in [-0.25, -0.2) is 14.8 Å². The molecule has 1 aromatic heterocycles. The number of carboxylic acids is 1. The Morgan fingerprint density at radius 3 is 3.21 bits per heavy atom. The van der Waals surface area contributed by atoms with Crippen LogP contribution in [0.1, 0.15) is 35.3 Å². The van der Waals surface area contributed by atoms with Gasteiger partial charge in [0, 0.05) is 12.6 Å². The predicted molar refractivity (Wildman–Crippen MR) is 67.3 cm³/mol. The summed E-state index contributed by atoms with van der Waals surface area (Å²) in [6, 6.07) is 0.488. The molecule has 0 aliphatic carbocycles. The SMILES string of the molecule is O=C(O)c1nc(C2CN3CCCC3CO2)ncc1Cl. The summed E-state index contributed by atoms with van der Waals surface area (Å²) in [7, 11) is 0. The van der Waals surface area contributed by atoms with Gasteiger partial charge in [0.1, 0.15) is 6.10 Å². The van der Waals surface area contributed by atoms with Gasteiger partial charge in [-0.05, 0) is 19.4 Å². The molecule has 6 nitrogen and oxygen atoms in total. The van der Waals surface area contributed by atoms with Crippen LogP contribution in [0.15, 0.2) is 6.20 Å². The van der Waals surface area contributed by atoms with E-state index < -0.39 is 5.97 Å². The number of hydrogen-bond acceptors (Lipinski definition) is 5. The maximum atomic E-state index is 11.0. The lowest BCUT2D eigenvalue weighted by atomic mass is 10.2. The molecule has 2 atom stereocenters. The molecule has 2 fully saturated rings. The van der Waals surface area contributed by atoms with Crippen molar-refractivity contribution in [3.63, 3.8) is 0 Å². The van der Waals surface area contributed by atoms with E-state index in [-0.39, 0.29) is 16.8 Å². The lowest BCUT2D eigenvalue weighted by molar-refractivity contribution is -0.0542. The third kappa shape index (κ3) is 2.43. The Kier molecular flexibility index (Phi) is 3.38. The van der Waals surface area contributed by atoms with E-state index in [4.69, 9.17) is 21.4 Å². The summed E-state index contributed by atoms with van der Waals surface area (Å²) in [6.45, 7) is 2.42. The second-order valence-electron chi connectivity index (χ2n) is 4.84. The van der Waals surface area contributed by atoms with Crippen molar-refractivity contribution in [3.8, 4) is 0 Å². The van der Waals surface area contributed by atoms with Crippen molar-refractivity contribution in [2.45, 2.75) is 25.0 Å². The third-order valence-corrected chi connectivity index (χ3v) is 3.92. The summed E-state index contributed by atoms with van der Waals surface area (Å²) in [5, 5.41) is 9.06. The lowest BCUT2D eigenvalue weighted by Crippen LogP contribution is -2.42. The zero-order chi connectivity index (χ0) is 13.4. The van der Waals surface area contributed by atoms with Crippen molar-refractivity contribution in [1.82, 2.24) is 14.9 Å². The van der Waals surface area contributed by atoms with Crippen LogP contribution in [0.5, 0.6) is 0 Å². The number of carbonyl (C=O) groups is 1. The summed E-state index contributed by atoms with van der Waals surface area (Å²) >= 11 is 5.76. The topological polar surface area (TPSA) is 75.5 Å². The molecule has 3 heterocycles. The summed E-state index contributed by atoms with van der Waals surface area (Å²) in [5.74, 6) is -0.754. The van der Waals surface area contributed by atoms with Crippen LogP contribution < -0.4 is 0 Å². The molecule has 1 aromatic rings. The van der Waals surface area contributed by atoms with E-state index in [1.807, 2.05) is 0 Å². The Morgan fingerprint density at radius 2 is 2.42 bits per heavy atom. The smallest absolute Gasteiger partial charge is 0.356 e. The molecule has 0 amide bonds. The average molecular weight is 284 g/mol. The first kappa shape index (κ1) is 12.8. The van der Waals surface area contributed by atoms with Gasteiger partial charge in [0.2, 0.25) is 0 Å². The Labute approximate surface area is 115 Å². The van der Waals surface area contributed by atoms with E-state index in [1.165, 1.54) is 12.6 Å². The van der Waals surface area contributed by atoms with Gasteiger partial charge >= 0.3 is 5.97 Å². The molecule has 1 N–H and O–H groups in total. The molecule has 2 unspecified atom stereocenters. The molecule has 7 heteroatoms. The second-order valence-corrected chi connectivity index (χ2v) is 5.25. The van der Waals surface area contributed by atoms with Gasteiger partial charge in [0.05, 0.1) is 17.8 Å². The molecule has 2 aliphatic rings. The predicted octanol–water partition coefficient (Wildman–Crippen LogP) is 1.36. The third-order valence-electron chi connectivity index (χ3n) is 3.64. The van der Waals surface area contributed by atoms with Crippen LogP contribution in [-0.4, -0.2) is 51.7 Å². The van der Waals surface area contributed by atoms with Gasteiger partial charge in [-0.3, -0.25) is 4.90 Å². The number of nitrogens with zero attached hydrogens (tertiary/aromatic N) is 3. The Balaban J connectivity index is 1.82. The number of fused-ring (bicyclic) bond motifs is 1. The number of carboxylic acid groups (broad SMARTS) is 1. The molecule has 2 saturated heterocycles. The largest absolute Gasteiger partial charge is 0.476 e. The summed E-state index contributed by atoms with van der Waals surface area (Å²) in [6.07, 6.45) is 3.40. The van der Waals surface area contributed by atoms with E-state index in [9.17, 15) is 4.79 Å². The van der Waals surface area contributed by atoms with Gasteiger partial charge in [-0.1, -0.05) is 11.6 Å². The molecular weight excluding hydrogens is 270 g/mol. The molecule has 3 rings (SSSR count). The van der Waals surface area contributed by atoms with Crippen molar-refractivity contribution in [2.75, 3.05) is 19.7 Å². The van der Waals surface area contributed by atoms with Crippen LogP contribution in [0.4, 0.5) is 0 Å². The fraction of sp³-hybridized carbons (Fsp3) is 0.583. The zero-order valence-corrected chi connectivity index (χ0v) is 11.0. The highest BCUT2D eigenvalue weighted by Crippen LogP contribution is 2.29. The van der Waals surface area contributed by atoms with Crippen molar-refractivity contribution in [3.05, 3.63) is 22.7 Å². The van der Waals surface area contributed by atoms with Crippen molar-refractivity contribution in [1.29, 1.82) is 0 Å². The highest BCUT2D eigenvalue weighted by atomic mass is 35.5. The average Bonchev–Trinajstić information content (AvgIpc) is 2.86. The van der Waals surface area contributed by atoms with Gasteiger partial charge in [-0.15, -0.1) is 0 Å². The first-order valence-corrected chi connectivity index (χ1v) is 6.64. The number of morpholine rings is 1. The quantitative estimate of drug-likeness (QED) is 0.883. The van der Waals surface area contributed by atoms with Crippen LogP contribution in [-0.2, 0) is 4.74 Å². The molecule has 0 spiro atoms. The van der Waals surface area contributed by atoms with E-state index in [0.717, 1.165) is 13.0 Å². The van der Waals surface area contributed by atoms with Crippen molar-refractivity contribution in [2.24, 2.45) is 0 Å². The number of hydrogen-bond donors (Lipinski definition) is 1. The van der Waals surface area contributed by atoms with Gasteiger partial charge < -0.3 is 9.84 Å². The number of halogens is 1. The number of aromatic nitrogens is 2. The standard InChI is InChI=1S/C12H14ClN3O3/c13-8-4-14-11(15-10(8)12(17)18)9-5-16-3-1-2-7(16)6-19-9/h4,7,9H,1-3,5-6H2,(H,17,18). The molecule has 2 aliphatic heterocycles. The number of rotatable bonds is 2. The van der Waals surface area contributed by atoms with Crippen LogP contribution in [0.2, 0.25) is 5.02 Å². The molecule has 0 aromatic carbocycles. The van der Waals surface area contributed by atoms with Gasteiger partial charge in [-0.2, -0.15) is 0 Å². The molecule has 102 valence electrons. The monoisotopic (exact) mass is 283 g/mol. The van der Waals surface area contributed by atoms with Gasteiger partial charge in [0.15, 0.2) is 11.5 Å². The minimum atomic E-state index is -1.15. The summed E-state index contributed by atoms with van der Waals surface area (Å²) in [5.41, 5.74) is -0.168. The lowest BCUT2D eigenvalue weighted by Gasteiger charge is -2.34. The fourth-order valence-corrected chi connectivity index (χ4v) is 2.83. The maximum absolute atomic E-state index is 11.0. The Hall–Kier alpha value is -1.24. The molecule has 0 bridgehead atoms. The van der Waals surface area contributed by atoms with Crippen molar-refractivity contribution >= 4 is 17.6 Å². The highest BCUT2D eigenvalue weighted by molar-refractivity contribution is 6.33. The molecule has 19 heavy (non-hydrogen) atoms. The Morgan fingerprint density at radius 1 is 1.58 bits per heavy atom. The van der Waals surface area contributed by atoms with Crippen molar-refractivity contribution < 1.29 is 14.6 Å². The number of aromatic carboxylic acids is 1. The van der Waals surface area contributed by atoms with E-state index in [1.54, 1.807) is 0 Å². The van der Waals surface area contributed by atoms with Crippen LogP contribution >= 0.6 is 11.6 Å². The highest BCUT2D eigenvalue weighted by Gasteiger charge is 2.34. The van der Waals surface area contributed by atoms with E-state index >= 15 is 0 Å². The maximum Gasteiger partial charge on any atom is 0.356 e. The van der Waals surface area contributed by atoms with E-state index in [0.29, 0.717) is 25.0 Å². The fourth-order valence-electron chi connectivity index (χ4n) is 2.66. The normalized spacial score (nSPS) is 27.2. The first-order valence-electron chi connectivity index (χ1n) is 6.26. The van der Waals surface area contributed by atoms with Crippen LogP contribution in [0.25, 0.3) is 0 Å². The van der Waals surface area contributed by atoms with Gasteiger partial charge in [0.25, 0.3) is 0 Å². The molecule has 0 saturated carbocycles. The summed E-state index contributed by atoms with van der Waals surface area (Å²) < 4.78 is 5.75. The van der Waals surface area contributed by atoms with Crippen LogP contribution in [0, 0.1) is 0 Å². The minimum Gasteiger partial charge on any atom is -0.476 e. The second kappa shape index (κ2) is 5.03. The number of ether oxygens (including phenoxy) is 1. The first-order chi connectivity index (χ1) is 9.15. The zero-order valence-electron chi connectivity index (χ0n) is 10.3. The minimum absolute atomic E-state index is 0.0473. The summed E-state index contributed by atoms with van der Waals surface area (Å²) in [4.78, 5) is 21.5. The molecule has 0 radical (unpaired) electrons. The Bertz CT molecular complexity index is 511.